The summed E-state index contributed by atoms with van der Waals surface area (Å²) in [7, 11) is -1.17. The van der Waals surface area contributed by atoms with Crippen molar-refractivity contribution in [2.75, 3.05) is 30.8 Å². The lowest BCUT2D eigenvalue weighted by atomic mass is 9.90. The Hall–Kier alpha value is -1.07. The molecule has 0 aromatic heterocycles. The van der Waals surface area contributed by atoms with Gasteiger partial charge in [-0.05, 0) is 44.9 Å². The standard InChI is InChI=1S/C16H26N2O2S/c1-4-21(19,20)16-8-6-5-7-15(16)18-11-9-14(10-12-18)13(2)17-3/h5-8,13-14,17H,4,9-12H2,1-3H3. The van der Waals surface area contributed by atoms with Crippen LogP contribution in [0, 0.1) is 5.92 Å². The van der Waals surface area contributed by atoms with E-state index in [1.165, 1.54) is 0 Å². The number of piperidine rings is 1. The lowest BCUT2D eigenvalue weighted by molar-refractivity contribution is 0.323. The normalized spacial score (nSPS) is 18.7. The molecule has 1 N–H and O–H groups in total. The van der Waals surface area contributed by atoms with E-state index in [-0.39, 0.29) is 5.75 Å². The zero-order chi connectivity index (χ0) is 15.5. The number of nitrogens with one attached hydrogen (secondary N) is 1. The fourth-order valence-electron chi connectivity index (χ4n) is 3.01. The average Bonchev–Trinajstić information content (AvgIpc) is 2.54. The van der Waals surface area contributed by atoms with E-state index in [9.17, 15) is 8.42 Å². The first-order valence-corrected chi connectivity index (χ1v) is 9.38. The maximum Gasteiger partial charge on any atom is 0.180 e. The zero-order valence-corrected chi connectivity index (χ0v) is 14.0. The van der Waals surface area contributed by atoms with E-state index >= 15 is 0 Å². The van der Waals surface area contributed by atoms with Crippen LogP contribution in [0.25, 0.3) is 0 Å². The van der Waals surface area contributed by atoms with Crippen molar-refractivity contribution >= 4 is 15.5 Å². The van der Waals surface area contributed by atoms with Crippen LogP contribution in [0.2, 0.25) is 0 Å². The minimum atomic E-state index is -3.17. The third kappa shape index (κ3) is 3.58. The van der Waals surface area contributed by atoms with Gasteiger partial charge < -0.3 is 10.2 Å². The van der Waals surface area contributed by atoms with E-state index in [1.807, 2.05) is 25.2 Å². The number of para-hydroxylation sites is 1. The Balaban J connectivity index is 2.18. The van der Waals surface area contributed by atoms with Crippen LogP contribution in [0.1, 0.15) is 26.7 Å². The van der Waals surface area contributed by atoms with Crippen LogP contribution < -0.4 is 10.2 Å². The van der Waals surface area contributed by atoms with Gasteiger partial charge in [-0.15, -0.1) is 0 Å². The van der Waals surface area contributed by atoms with Gasteiger partial charge in [0.1, 0.15) is 0 Å². The topological polar surface area (TPSA) is 49.4 Å². The van der Waals surface area contributed by atoms with Gasteiger partial charge in [0.05, 0.1) is 16.3 Å². The Morgan fingerprint density at radius 1 is 1.29 bits per heavy atom. The molecule has 4 nitrogen and oxygen atoms in total. The second-order valence-corrected chi connectivity index (χ2v) is 8.02. The quantitative estimate of drug-likeness (QED) is 0.906. The summed E-state index contributed by atoms with van der Waals surface area (Å²) in [4.78, 5) is 2.70. The number of rotatable bonds is 5. The van der Waals surface area contributed by atoms with Crippen LogP contribution in [0.15, 0.2) is 29.2 Å². The van der Waals surface area contributed by atoms with E-state index in [0.717, 1.165) is 31.6 Å². The molecule has 2 rings (SSSR count). The summed E-state index contributed by atoms with van der Waals surface area (Å²) < 4.78 is 24.5. The van der Waals surface area contributed by atoms with Crippen molar-refractivity contribution in [1.82, 2.24) is 5.32 Å². The molecule has 0 saturated carbocycles. The highest BCUT2D eigenvalue weighted by atomic mass is 32.2. The maximum atomic E-state index is 12.2. The molecule has 1 fully saturated rings. The number of hydrogen-bond acceptors (Lipinski definition) is 4. The van der Waals surface area contributed by atoms with E-state index in [0.29, 0.717) is 16.9 Å². The first kappa shape index (κ1) is 16.3. The number of nitrogens with zero attached hydrogens (tertiary/aromatic N) is 1. The van der Waals surface area contributed by atoms with Gasteiger partial charge in [0.2, 0.25) is 0 Å². The Kier molecular flexibility index (Phi) is 5.27. The number of anilines is 1. The lowest BCUT2D eigenvalue weighted by Crippen LogP contribution is -2.41. The van der Waals surface area contributed by atoms with Crippen molar-refractivity contribution in [3.8, 4) is 0 Å². The fourth-order valence-corrected chi connectivity index (χ4v) is 4.13. The second-order valence-electron chi connectivity index (χ2n) is 5.77. The van der Waals surface area contributed by atoms with E-state index < -0.39 is 9.84 Å². The molecule has 0 bridgehead atoms. The highest BCUT2D eigenvalue weighted by molar-refractivity contribution is 7.91. The predicted molar refractivity (Wildman–Crippen MR) is 87.6 cm³/mol. The van der Waals surface area contributed by atoms with E-state index in [1.54, 1.807) is 13.0 Å². The van der Waals surface area contributed by atoms with Crippen LogP contribution >= 0.6 is 0 Å². The molecule has 21 heavy (non-hydrogen) atoms. The minimum Gasteiger partial charge on any atom is -0.370 e. The molecule has 1 aromatic rings. The van der Waals surface area contributed by atoms with Crippen LogP contribution in [-0.2, 0) is 9.84 Å². The summed E-state index contributed by atoms with van der Waals surface area (Å²) in [5.41, 5.74) is 0.870. The minimum absolute atomic E-state index is 0.150. The predicted octanol–water partition coefficient (Wildman–Crippen LogP) is 2.30. The van der Waals surface area contributed by atoms with Crippen molar-refractivity contribution in [1.29, 1.82) is 0 Å². The third-order valence-electron chi connectivity index (χ3n) is 4.62. The highest BCUT2D eigenvalue weighted by Crippen LogP contribution is 2.30. The molecule has 0 radical (unpaired) electrons. The second kappa shape index (κ2) is 6.79. The summed E-state index contributed by atoms with van der Waals surface area (Å²) in [5, 5.41) is 3.32. The number of sulfone groups is 1. The monoisotopic (exact) mass is 310 g/mol. The molecule has 118 valence electrons. The highest BCUT2D eigenvalue weighted by Gasteiger charge is 2.26. The first-order chi connectivity index (χ1) is 9.99. The van der Waals surface area contributed by atoms with Gasteiger partial charge in [-0.1, -0.05) is 19.1 Å². The molecule has 0 aliphatic carbocycles. The smallest absolute Gasteiger partial charge is 0.180 e. The van der Waals surface area contributed by atoms with Gasteiger partial charge in [0, 0.05) is 19.1 Å². The molecule has 1 aliphatic heterocycles. The molecule has 1 heterocycles. The van der Waals surface area contributed by atoms with Gasteiger partial charge in [-0.2, -0.15) is 0 Å². The van der Waals surface area contributed by atoms with Gasteiger partial charge >= 0.3 is 0 Å². The Morgan fingerprint density at radius 2 is 1.90 bits per heavy atom. The third-order valence-corrected chi connectivity index (χ3v) is 6.40. The van der Waals surface area contributed by atoms with Crippen LogP contribution in [0.3, 0.4) is 0 Å². The summed E-state index contributed by atoms with van der Waals surface area (Å²) in [5.74, 6) is 0.818. The molecule has 1 unspecified atom stereocenters. The van der Waals surface area contributed by atoms with Crippen LogP contribution in [0.5, 0.6) is 0 Å². The molecule has 1 aliphatic rings. The van der Waals surface area contributed by atoms with Gasteiger partial charge in [-0.3, -0.25) is 0 Å². The molecule has 1 atom stereocenters. The number of hydrogen-bond donors (Lipinski definition) is 1. The molecular weight excluding hydrogens is 284 g/mol. The van der Waals surface area contributed by atoms with E-state index in [2.05, 4.69) is 17.1 Å². The Labute approximate surface area is 128 Å². The molecule has 5 heteroatoms. The summed E-state index contributed by atoms with van der Waals surface area (Å²) in [6.07, 6.45) is 2.20. The van der Waals surface area contributed by atoms with Gasteiger partial charge in [0.25, 0.3) is 0 Å². The van der Waals surface area contributed by atoms with E-state index in [4.69, 9.17) is 0 Å². The van der Waals surface area contributed by atoms with Crippen LogP contribution in [-0.4, -0.2) is 40.3 Å². The lowest BCUT2D eigenvalue weighted by Gasteiger charge is -2.36. The van der Waals surface area contributed by atoms with Crippen molar-refractivity contribution in [3.05, 3.63) is 24.3 Å². The van der Waals surface area contributed by atoms with Crippen molar-refractivity contribution in [3.63, 3.8) is 0 Å². The maximum absolute atomic E-state index is 12.2. The van der Waals surface area contributed by atoms with Crippen molar-refractivity contribution in [2.45, 2.75) is 37.6 Å². The molecular formula is C16H26N2O2S. The molecule has 0 amide bonds. The fraction of sp³-hybridized carbons (Fsp3) is 0.625. The largest absolute Gasteiger partial charge is 0.370 e. The summed E-state index contributed by atoms with van der Waals surface area (Å²) in [6, 6.07) is 7.91. The summed E-state index contributed by atoms with van der Waals surface area (Å²) in [6.45, 7) is 5.77. The Bertz CT molecular complexity index is 563. The first-order valence-electron chi connectivity index (χ1n) is 7.73. The van der Waals surface area contributed by atoms with Crippen molar-refractivity contribution in [2.24, 2.45) is 5.92 Å². The SMILES string of the molecule is CCS(=O)(=O)c1ccccc1N1CCC(C(C)NC)CC1. The number of benzene rings is 1. The zero-order valence-electron chi connectivity index (χ0n) is 13.2. The van der Waals surface area contributed by atoms with Gasteiger partial charge in [-0.25, -0.2) is 8.42 Å². The Morgan fingerprint density at radius 3 is 2.48 bits per heavy atom. The average molecular weight is 310 g/mol. The molecule has 0 spiro atoms. The van der Waals surface area contributed by atoms with Gasteiger partial charge in [0.15, 0.2) is 9.84 Å². The molecule has 1 saturated heterocycles. The van der Waals surface area contributed by atoms with Crippen molar-refractivity contribution < 1.29 is 8.42 Å². The summed E-state index contributed by atoms with van der Waals surface area (Å²) >= 11 is 0. The molecule has 1 aromatic carbocycles. The van der Waals surface area contributed by atoms with Crippen LogP contribution in [0.4, 0.5) is 5.69 Å².